The summed E-state index contributed by atoms with van der Waals surface area (Å²) >= 11 is 0. The second-order valence-electron chi connectivity index (χ2n) is 6.64. The van der Waals surface area contributed by atoms with Crippen molar-refractivity contribution in [2.75, 3.05) is 5.32 Å². The van der Waals surface area contributed by atoms with Crippen LogP contribution in [0.2, 0.25) is 0 Å². The van der Waals surface area contributed by atoms with Gasteiger partial charge in [-0.05, 0) is 62.8 Å². The molecule has 1 aliphatic carbocycles. The summed E-state index contributed by atoms with van der Waals surface area (Å²) in [6, 6.07) is 5.88. The fraction of sp³-hybridized carbons (Fsp3) is 0.556. The number of anilines is 1. The molecule has 1 aliphatic heterocycles. The van der Waals surface area contributed by atoms with Crippen molar-refractivity contribution in [2.45, 2.75) is 58.0 Å². The number of hydrogen-bond donors (Lipinski definition) is 1. The molecule has 1 aromatic rings. The Labute approximate surface area is 131 Å². The number of aryl methyl sites for hydroxylation is 2. The van der Waals surface area contributed by atoms with Crippen LogP contribution in [0.25, 0.3) is 0 Å². The van der Waals surface area contributed by atoms with Gasteiger partial charge in [-0.15, -0.1) is 0 Å². The molecule has 1 aromatic carbocycles. The maximum Gasteiger partial charge on any atom is 0.307 e. The first kappa shape index (κ1) is 15.1. The van der Waals surface area contributed by atoms with Crippen LogP contribution in [0.4, 0.5) is 5.69 Å². The zero-order chi connectivity index (χ0) is 15.7. The predicted octanol–water partition coefficient (Wildman–Crippen LogP) is 3.51. The van der Waals surface area contributed by atoms with Crippen LogP contribution in [0.3, 0.4) is 0 Å². The standard InChI is InChI=1S/C18H23NO3/c1-12-6-7-14(10-13(12)2)19-17(21)15-11-16(20)22-18(15)8-4-3-5-9-18/h6-7,10,15H,3-5,8-9,11H2,1-2H3,(H,19,21)/t15-/m1/s1. The lowest BCUT2D eigenvalue weighted by Crippen LogP contribution is -2.43. The Bertz CT molecular complexity index is 602. The molecule has 1 spiro atoms. The minimum Gasteiger partial charge on any atom is -0.458 e. The highest BCUT2D eigenvalue weighted by atomic mass is 16.6. The van der Waals surface area contributed by atoms with Crippen molar-refractivity contribution in [3.05, 3.63) is 29.3 Å². The van der Waals surface area contributed by atoms with E-state index in [1.165, 1.54) is 5.56 Å². The summed E-state index contributed by atoms with van der Waals surface area (Å²) in [6.45, 7) is 4.07. The van der Waals surface area contributed by atoms with Gasteiger partial charge in [-0.2, -0.15) is 0 Å². The first-order chi connectivity index (χ1) is 10.5. The number of rotatable bonds is 2. The van der Waals surface area contributed by atoms with Gasteiger partial charge in [0.25, 0.3) is 0 Å². The zero-order valence-corrected chi connectivity index (χ0v) is 13.3. The Kier molecular flexibility index (Phi) is 3.94. The van der Waals surface area contributed by atoms with Crippen LogP contribution < -0.4 is 5.32 Å². The van der Waals surface area contributed by atoms with Gasteiger partial charge in [0.2, 0.25) is 5.91 Å². The number of benzene rings is 1. The third-order valence-corrected chi connectivity index (χ3v) is 5.11. The van der Waals surface area contributed by atoms with E-state index >= 15 is 0 Å². The van der Waals surface area contributed by atoms with Crippen molar-refractivity contribution in [3.8, 4) is 0 Å². The molecule has 1 heterocycles. The van der Waals surface area contributed by atoms with Crippen LogP contribution in [-0.2, 0) is 14.3 Å². The average molecular weight is 301 g/mol. The van der Waals surface area contributed by atoms with Gasteiger partial charge in [-0.25, -0.2) is 0 Å². The lowest BCUT2D eigenvalue weighted by molar-refractivity contribution is -0.153. The molecular formula is C18H23NO3. The molecule has 4 nitrogen and oxygen atoms in total. The highest BCUT2D eigenvalue weighted by molar-refractivity contribution is 5.97. The minimum absolute atomic E-state index is 0.0870. The highest BCUT2D eigenvalue weighted by Gasteiger charge is 2.52. The van der Waals surface area contributed by atoms with Gasteiger partial charge < -0.3 is 10.1 Å². The lowest BCUT2D eigenvalue weighted by Gasteiger charge is -2.36. The third-order valence-electron chi connectivity index (χ3n) is 5.11. The number of nitrogens with one attached hydrogen (secondary N) is 1. The smallest absolute Gasteiger partial charge is 0.307 e. The van der Waals surface area contributed by atoms with Gasteiger partial charge in [-0.3, -0.25) is 9.59 Å². The van der Waals surface area contributed by atoms with E-state index in [-0.39, 0.29) is 24.2 Å². The summed E-state index contributed by atoms with van der Waals surface area (Å²) in [4.78, 5) is 24.5. The van der Waals surface area contributed by atoms with E-state index in [9.17, 15) is 9.59 Å². The Morgan fingerprint density at radius 1 is 1.18 bits per heavy atom. The number of carbonyl (C=O) groups is 2. The fourth-order valence-electron chi connectivity index (χ4n) is 3.67. The molecule has 1 N–H and O–H groups in total. The molecule has 0 radical (unpaired) electrons. The summed E-state index contributed by atoms with van der Waals surface area (Å²) in [5.74, 6) is -0.681. The van der Waals surface area contributed by atoms with Gasteiger partial charge in [0.05, 0.1) is 12.3 Å². The number of ether oxygens (including phenoxy) is 1. The van der Waals surface area contributed by atoms with Crippen LogP contribution in [0.1, 0.15) is 49.7 Å². The third kappa shape index (κ3) is 2.74. The molecule has 3 rings (SSSR count). The van der Waals surface area contributed by atoms with Gasteiger partial charge in [0.1, 0.15) is 5.60 Å². The molecule has 1 atom stereocenters. The predicted molar refractivity (Wildman–Crippen MR) is 84.6 cm³/mol. The summed E-state index contributed by atoms with van der Waals surface area (Å²) in [7, 11) is 0. The molecule has 0 unspecified atom stereocenters. The Hall–Kier alpha value is -1.84. The molecule has 0 bridgehead atoms. The molecule has 118 valence electrons. The summed E-state index contributed by atoms with van der Waals surface area (Å²) in [5, 5.41) is 2.97. The zero-order valence-electron chi connectivity index (χ0n) is 13.3. The molecule has 2 fully saturated rings. The number of hydrogen-bond acceptors (Lipinski definition) is 3. The van der Waals surface area contributed by atoms with Crippen molar-refractivity contribution < 1.29 is 14.3 Å². The first-order valence-electron chi connectivity index (χ1n) is 8.10. The number of carbonyl (C=O) groups excluding carboxylic acids is 2. The minimum atomic E-state index is -0.556. The van der Waals surface area contributed by atoms with Crippen LogP contribution in [0.15, 0.2) is 18.2 Å². The van der Waals surface area contributed by atoms with Crippen LogP contribution in [0, 0.1) is 19.8 Å². The van der Waals surface area contributed by atoms with E-state index < -0.39 is 5.60 Å². The molecule has 0 aromatic heterocycles. The van der Waals surface area contributed by atoms with E-state index in [2.05, 4.69) is 5.32 Å². The largest absolute Gasteiger partial charge is 0.458 e. The summed E-state index contributed by atoms with van der Waals surface area (Å²) in [5.41, 5.74) is 2.57. The maximum absolute atomic E-state index is 12.7. The number of esters is 1. The topological polar surface area (TPSA) is 55.4 Å². The summed E-state index contributed by atoms with van der Waals surface area (Å²) < 4.78 is 5.60. The van der Waals surface area contributed by atoms with E-state index in [1.54, 1.807) is 0 Å². The molecule has 1 amide bonds. The van der Waals surface area contributed by atoms with Crippen LogP contribution in [-0.4, -0.2) is 17.5 Å². The van der Waals surface area contributed by atoms with Crippen LogP contribution >= 0.6 is 0 Å². The van der Waals surface area contributed by atoms with Crippen molar-refractivity contribution in [2.24, 2.45) is 5.92 Å². The maximum atomic E-state index is 12.7. The molecule has 22 heavy (non-hydrogen) atoms. The highest BCUT2D eigenvalue weighted by Crippen LogP contribution is 2.44. The van der Waals surface area contributed by atoms with E-state index in [0.717, 1.165) is 43.4 Å². The lowest BCUT2D eigenvalue weighted by atomic mass is 9.75. The Balaban J connectivity index is 1.78. The SMILES string of the molecule is Cc1ccc(NC(=O)[C@H]2CC(=O)OC23CCCCC3)cc1C. The molecule has 2 aliphatic rings. The van der Waals surface area contributed by atoms with Gasteiger partial charge in [-0.1, -0.05) is 12.5 Å². The van der Waals surface area contributed by atoms with E-state index in [1.807, 2.05) is 32.0 Å². The van der Waals surface area contributed by atoms with E-state index in [4.69, 9.17) is 4.74 Å². The van der Waals surface area contributed by atoms with E-state index in [0.29, 0.717) is 0 Å². The molecular weight excluding hydrogens is 278 g/mol. The van der Waals surface area contributed by atoms with Crippen molar-refractivity contribution in [1.82, 2.24) is 0 Å². The van der Waals surface area contributed by atoms with Crippen LogP contribution in [0.5, 0.6) is 0 Å². The van der Waals surface area contributed by atoms with Gasteiger partial charge in [0.15, 0.2) is 0 Å². The van der Waals surface area contributed by atoms with Gasteiger partial charge in [0, 0.05) is 5.69 Å². The quantitative estimate of drug-likeness (QED) is 0.850. The second kappa shape index (κ2) is 5.75. The van der Waals surface area contributed by atoms with Crippen molar-refractivity contribution in [3.63, 3.8) is 0 Å². The average Bonchev–Trinajstić information content (AvgIpc) is 2.80. The molecule has 1 saturated heterocycles. The molecule has 1 saturated carbocycles. The Morgan fingerprint density at radius 3 is 2.59 bits per heavy atom. The number of amides is 1. The van der Waals surface area contributed by atoms with Gasteiger partial charge >= 0.3 is 5.97 Å². The summed E-state index contributed by atoms with van der Waals surface area (Å²) in [6.07, 6.45) is 5.04. The fourth-order valence-corrected chi connectivity index (χ4v) is 3.67. The second-order valence-corrected chi connectivity index (χ2v) is 6.64. The normalized spacial score (nSPS) is 23.4. The molecule has 4 heteroatoms. The van der Waals surface area contributed by atoms with Crippen molar-refractivity contribution >= 4 is 17.6 Å². The van der Waals surface area contributed by atoms with Crippen molar-refractivity contribution in [1.29, 1.82) is 0 Å². The Morgan fingerprint density at radius 2 is 1.91 bits per heavy atom. The monoisotopic (exact) mass is 301 g/mol. The first-order valence-corrected chi connectivity index (χ1v) is 8.10.